The fraction of sp³-hybridized carbons (Fsp3) is 0.233. The summed E-state index contributed by atoms with van der Waals surface area (Å²) < 4.78 is 41.3. The third-order valence-electron chi connectivity index (χ3n) is 7.04. The summed E-state index contributed by atoms with van der Waals surface area (Å²) in [4.78, 5) is 24.8. The molecule has 10 heteroatoms. The van der Waals surface area contributed by atoms with Gasteiger partial charge in [0.1, 0.15) is 39.7 Å². The number of aliphatic hydroxyl groups is 1. The van der Waals surface area contributed by atoms with Crippen molar-refractivity contribution in [1.29, 1.82) is 0 Å². The van der Waals surface area contributed by atoms with E-state index < -0.39 is 23.1 Å². The highest BCUT2D eigenvalue weighted by Crippen LogP contribution is 2.34. The minimum absolute atomic E-state index is 0.0190. The summed E-state index contributed by atoms with van der Waals surface area (Å²) in [5.74, 6) is -1.37. The minimum atomic E-state index is -0.647. The highest BCUT2D eigenvalue weighted by atomic mass is 19.1. The fourth-order valence-electron chi connectivity index (χ4n) is 5.07. The largest absolute Gasteiger partial charge is 0.494 e. The zero-order chi connectivity index (χ0) is 28.6. The molecule has 1 aliphatic heterocycles. The normalized spacial score (nSPS) is 15.7. The van der Waals surface area contributed by atoms with E-state index in [4.69, 9.17) is 9.47 Å². The van der Waals surface area contributed by atoms with Gasteiger partial charge in [-0.2, -0.15) is 0 Å². The lowest BCUT2D eigenvalue weighted by molar-refractivity contribution is 0.320. The predicted molar refractivity (Wildman–Crippen MR) is 147 cm³/mol. The molecule has 0 bridgehead atoms. The van der Waals surface area contributed by atoms with Crippen molar-refractivity contribution in [3.8, 4) is 28.7 Å². The summed E-state index contributed by atoms with van der Waals surface area (Å²) in [5.41, 5.74) is 0.896. The number of ether oxygens (including phenoxy) is 2. The average Bonchev–Trinajstić information content (AvgIpc) is 3.42. The fourth-order valence-corrected chi connectivity index (χ4v) is 5.07. The molecule has 1 saturated heterocycles. The Balaban J connectivity index is 1.74. The van der Waals surface area contributed by atoms with Gasteiger partial charge in [0, 0.05) is 30.8 Å². The lowest BCUT2D eigenvalue weighted by Gasteiger charge is -2.20. The van der Waals surface area contributed by atoms with Crippen molar-refractivity contribution in [1.82, 2.24) is 19.4 Å². The van der Waals surface area contributed by atoms with Crippen LogP contribution < -0.4 is 25.6 Å². The van der Waals surface area contributed by atoms with Gasteiger partial charge in [0.25, 0.3) is 5.56 Å². The second-order valence-electron chi connectivity index (χ2n) is 9.52. The smallest absolute Gasteiger partial charge is 0.271 e. The van der Waals surface area contributed by atoms with E-state index in [1.54, 1.807) is 30.5 Å². The van der Waals surface area contributed by atoms with E-state index in [0.717, 1.165) is 5.56 Å². The van der Waals surface area contributed by atoms with Crippen LogP contribution in [0.25, 0.3) is 29.7 Å². The number of methoxy groups -OCH3 is 2. The molecule has 2 aromatic carbocycles. The van der Waals surface area contributed by atoms with Crippen LogP contribution in [0.15, 0.2) is 59.5 Å². The quantitative estimate of drug-likeness (QED) is 0.397. The molecule has 206 valence electrons. The molecule has 1 atom stereocenters. The van der Waals surface area contributed by atoms with Crippen molar-refractivity contribution < 1.29 is 23.4 Å². The van der Waals surface area contributed by atoms with E-state index in [1.165, 1.54) is 41.9 Å². The Morgan fingerprint density at radius 1 is 1.05 bits per heavy atom. The molecule has 8 nitrogen and oxygen atoms in total. The van der Waals surface area contributed by atoms with Crippen molar-refractivity contribution in [2.24, 2.45) is 0 Å². The Hall–Kier alpha value is -4.73. The van der Waals surface area contributed by atoms with E-state index >= 15 is 0 Å². The van der Waals surface area contributed by atoms with Crippen LogP contribution in [-0.2, 0) is 0 Å². The van der Waals surface area contributed by atoms with E-state index in [9.17, 15) is 18.7 Å². The third kappa shape index (κ3) is 4.66. The van der Waals surface area contributed by atoms with E-state index in [1.807, 2.05) is 13.0 Å². The van der Waals surface area contributed by atoms with Crippen molar-refractivity contribution in [3.05, 3.63) is 98.4 Å². The molecule has 2 aromatic heterocycles. The molecule has 4 aromatic rings. The van der Waals surface area contributed by atoms with Gasteiger partial charge in [0.05, 0.1) is 19.6 Å². The molecule has 0 radical (unpaired) electrons. The maximum atomic E-state index is 14.5. The van der Waals surface area contributed by atoms with Gasteiger partial charge in [-0.25, -0.2) is 13.8 Å². The first-order valence-corrected chi connectivity index (χ1v) is 12.6. The summed E-state index contributed by atoms with van der Waals surface area (Å²) in [7, 11) is 2.93. The maximum Gasteiger partial charge on any atom is 0.271 e. The van der Waals surface area contributed by atoms with Crippen LogP contribution in [0.5, 0.6) is 11.5 Å². The summed E-state index contributed by atoms with van der Waals surface area (Å²) in [6.45, 7) is 6.21. The molecule has 5 rings (SSSR count). The zero-order valence-corrected chi connectivity index (χ0v) is 22.3. The van der Waals surface area contributed by atoms with Crippen LogP contribution in [0.3, 0.4) is 0 Å². The molecular formula is C30H28F2N4O4. The van der Waals surface area contributed by atoms with Gasteiger partial charge < -0.3 is 19.5 Å². The second kappa shape index (κ2) is 10.8. The van der Waals surface area contributed by atoms with Crippen LogP contribution in [0.1, 0.15) is 23.5 Å². The number of benzene rings is 2. The molecule has 1 N–H and O–H groups in total. The minimum Gasteiger partial charge on any atom is -0.494 e. The molecule has 1 aliphatic rings. The van der Waals surface area contributed by atoms with Crippen LogP contribution in [0.4, 0.5) is 8.78 Å². The Labute approximate surface area is 229 Å². The maximum absolute atomic E-state index is 14.5. The number of aryl methyl sites for hydroxylation is 1. The van der Waals surface area contributed by atoms with Gasteiger partial charge in [0.15, 0.2) is 5.82 Å². The standard InChI is InChI=1S/C30H28F2N4O4/c1-17-11-12-22(33-15-17)28-34-18(2)25(30(38)36(28)27-23(39-3)9-6-10-24(27)40-4)29(37)35-14-13-19(16-35)26-20(31)7-5-8-21(26)32/h5-12,15,19,37H,2,13-14,16H2,1,3-4H3. The second-order valence-corrected chi connectivity index (χ2v) is 9.52. The number of likely N-dealkylation sites (tertiary alicyclic amines) is 1. The number of nitrogens with zero attached hydrogens (tertiary/aromatic N) is 4. The lowest BCUT2D eigenvalue weighted by atomic mass is 9.97. The number of aliphatic hydroxyl groups excluding tert-OH is 1. The summed E-state index contributed by atoms with van der Waals surface area (Å²) >= 11 is 0. The Morgan fingerprint density at radius 2 is 1.70 bits per heavy atom. The highest BCUT2D eigenvalue weighted by molar-refractivity contribution is 5.63. The van der Waals surface area contributed by atoms with E-state index in [0.29, 0.717) is 23.6 Å². The van der Waals surface area contributed by atoms with Crippen molar-refractivity contribution in [2.45, 2.75) is 19.3 Å². The number of hydrogen-bond acceptors (Lipinski definition) is 7. The van der Waals surface area contributed by atoms with Gasteiger partial charge in [-0.15, -0.1) is 0 Å². The Morgan fingerprint density at radius 3 is 2.30 bits per heavy atom. The van der Waals surface area contributed by atoms with Crippen molar-refractivity contribution in [2.75, 3.05) is 27.3 Å². The van der Waals surface area contributed by atoms with E-state index in [-0.39, 0.29) is 46.6 Å². The molecule has 40 heavy (non-hydrogen) atoms. The topological polar surface area (TPSA) is 89.7 Å². The third-order valence-corrected chi connectivity index (χ3v) is 7.04. The molecule has 0 saturated carbocycles. The average molecular weight is 547 g/mol. The monoisotopic (exact) mass is 546 g/mol. The molecule has 0 aliphatic carbocycles. The lowest BCUT2D eigenvalue weighted by Crippen LogP contribution is -2.50. The van der Waals surface area contributed by atoms with Gasteiger partial charge in [-0.05, 0) is 49.2 Å². The molecule has 0 spiro atoms. The highest BCUT2D eigenvalue weighted by Gasteiger charge is 2.31. The molecule has 1 fully saturated rings. The Kier molecular flexibility index (Phi) is 7.25. The van der Waals surface area contributed by atoms with Gasteiger partial charge in [-0.3, -0.25) is 14.3 Å². The van der Waals surface area contributed by atoms with E-state index in [2.05, 4.69) is 16.5 Å². The molecular weight excluding hydrogens is 518 g/mol. The number of rotatable bonds is 6. The van der Waals surface area contributed by atoms with Gasteiger partial charge in [0.2, 0.25) is 5.88 Å². The first kappa shape index (κ1) is 26.9. The molecule has 1 unspecified atom stereocenters. The van der Waals surface area contributed by atoms with Gasteiger partial charge >= 0.3 is 0 Å². The first-order chi connectivity index (χ1) is 19.2. The number of aromatic nitrogens is 3. The zero-order valence-electron chi connectivity index (χ0n) is 22.3. The van der Waals surface area contributed by atoms with Crippen LogP contribution in [-0.4, -0.2) is 51.9 Å². The summed E-state index contributed by atoms with van der Waals surface area (Å²) in [6, 6.07) is 12.4. The first-order valence-electron chi connectivity index (χ1n) is 12.6. The Bertz CT molecular complexity index is 1710. The molecule has 0 amide bonds. The van der Waals surface area contributed by atoms with Crippen molar-refractivity contribution >= 4 is 12.5 Å². The number of halogens is 2. The molecule has 3 heterocycles. The van der Waals surface area contributed by atoms with Gasteiger partial charge in [-0.1, -0.05) is 24.8 Å². The number of para-hydroxylation sites is 1. The number of pyridine rings is 1. The SMILES string of the molecule is C=c1nc(-c2ccc(C)cn2)n(-c2c(OC)cccc2OC)c(=O)c1=C(O)N1CCC(c2c(F)cccc2F)C1. The van der Waals surface area contributed by atoms with Crippen LogP contribution in [0.2, 0.25) is 0 Å². The summed E-state index contributed by atoms with van der Waals surface area (Å²) in [6.07, 6.45) is 2.03. The summed E-state index contributed by atoms with van der Waals surface area (Å²) in [5, 5.41) is 11.3. The van der Waals surface area contributed by atoms with Crippen LogP contribution in [0, 0.1) is 18.6 Å². The van der Waals surface area contributed by atoms with Crippen molar-refractivity contribution in [3.63, 3.8) is 0 Å². The number of hydrogen-bond donors (Lipinski definition) is 1. The van der Waals surface area contributed by atoms with Crippen LogP contribution >= 0.6 is 0 Å². The predicted octanol–water partition coefficient (Wildman–Crippen LogP) is 3.42.